The molecule has 0 aromatic heterocycles. The Hall–Kier alpha value is -4.03. The van der Waals surface area contributed by atoms with Gasteiger partial charge in [-0.2, -0.15) is 0 Å². The third-order valence-electron chi connectivity index (χ3n) is 15.0. The van der Waals surface area contributed by atoms with Gasteiger partial charge >= 0.3 is 110 Å². The summed E-state index contributed by atoms with van der Waals surface area (Å²) in [4.78, 5) is 0. The van der Waals surface area contributed by atoms with E-state index >= 15 is 0 Å². The normalized spacial score (nSPS) is 16.0. The van der Waals surface area contributed by atoms with Crippen molar-refractivity contribution in [2.45, 2.75) is 215 Å². The van der Waals surface area contributed by atoms with Gasteiger partial charge in [-0.15, -0.1) is 0 Å². The van der Waals surface area contributed by atoms with Crippen LogP contribution in [-0.2, 0) is 65.8 Å². The third-order valence-corrected chi connectivity index (χ3v) is 16.2. The second kappa shape index (κ2) is 38.0. The van der Waals surface area contributed by atoms with Gasteiger partial charge in [-0.25, -0.2) is 4.70 Å². The Morgan fingerprint density at radius 1 is 0.400 bits per heavy atom. The Balaban J connectivity index is 0.000000682. The molecule has 5 rings (SSSR count). The average molecular weight is 1160 g/mol. The molecule has 0 fully saturated rings. The summed E-state index contributed by atoms with van der Waals surface area (Å²) in [5, 5.41) is 127. The second-order valence-electron chi connectivity index (χ2n) is 21.4. The molecular formula is C65H96N2NiO12. The van der Waals surface area contributed by atoms with Crippen molar-refractivity contribution in [2.24, 2.45) is 0 Å². The molecule has 0 bridgehead atoms. The fraction of sp³-hybridized carbons (Fsp3) is 0.569. The number of aliphatic hydroxyl groups excluding tert-OH is 12. The number of allylic oxidation sites excluding steroid dienone is 2. The number of nitrogens with zero attached hydrogens (tertiary/aromatic N) is 2. The second-order valence-corrected chi connectivity index (χ2v) is 22.9. The van der Waals surface area contributed by atoms with Crippen molar-refractivity contribution in [1.29, 1.82) is 0 Å². The number of rotatable bonds is 38. The van der Waals surface area contributed by atoms with Gasteiger partial charge in [-0.3, -0.25) is 0 Å². The van der Waals surface area contributed by atoms with Crippen molar-refractivity contribution >= 4 is 11.4 Å². The molecule has 0 aliphatic carbocycles. The molecule has 80 heavy (non-hydrogen) atoms. The average Bonchev–Trinajstić information content (AvgIpc) is 3.87. The zero-order valence-corrected chi connectivity index (χ0v) is 48.7. The van der Waals surface area contributed by atoms with E-state index in [1.54, 1.807) is 24.3 Å². The quantitative estimate of drug-likeness (QED) is 0.0117. The van der Waals surface area contributed by atoms with Crippen LogP contribution in [-0.4, -0.2) is 141 Å². The van der Waals surface area contributed by atoms with Gasteiger partial charge in [0.1, 0.15) is 36.6 Å². The summed E-state index contributed by atoms with van der Waals surface area (Å²) in [6.07, 6.45) is 5.13. The predicted octanol–water partition coefficient (Wildman–Crippen LogP) is 7.73. The van der Waals surface area contributed by atoms with Crippen LogP contribution in [0.15, 0.2) is 97.1 Å². The Bertz CT molecular complexity index is 2320. The van der Waals surface area contributed by atoms with Crippen molar-refractivity contribution in [3.05, 3.63) is 158 Å². The Labute approximate surface area is 482 Å². The number of unbranched alkanes of at least 4 members (excludes halogenated alkanes) is 9. The van der Waals surface area contributed by atoms with E-state index in [0.717, 1.165) is 100 Å². The molecule has 1 aliphatic rings. The first-order valence-corrected chi connectivity index (χ1v) is 30.7. The topological polar surface area (TPSA) is 268 Å². The van der Waals surface area contributed by atoms with Crippen molar-refractivity contribution in [1.82, 2.24) is 0 Å². The summed E-state index contributed by atoms with van der Waals surface area (Å²) >= 11 is 1.86. The molecule has 9 atom stereocenters. The van der Waals surface area contributed by atoms with Gasteiger partial charge in [0.15, 0.2) is 0 Å². The van der Waals surface area contributed by atoms with Crippen LogP contribution < -0.4 is 0 Å². The molecule has 4 aromatic carbocycles. The van der Waals surface area contributed by atoms with Crippen LogP contribution in [0.5, 0.6) is 0 Å². The van der Waals surface area contributed by atoms with Gasteiger partial charge in [0.05, 0.1) is 38.1 Å². The zero-order valence-electron chi connectivity index (χ0n) is 47.7. The van der Waals surface area contributed by atoms with E-state index in [1.807, 2.05) is 14.4 Å². The zero-order chi connectivity index (χ0) is 58.4. The molecule has 15 heteroatoms. The van der Waals surface area contributed by atoms with E-state index in [2.05, 4.69) is 93.6 Å². The summed E-state index contributed by atoms with van der Waals surface area (Å²) in [6, 6.07) is 29.0. The van der Waals surface area contributed by atoms with Crippen molar-refractivity contribution in [2.75, 3.05) is 19.8 Å². The number of hydrogen-bond acceptors (Lipinski definition) is 12. The monoisotopic (exact) mass is 1150 g/mol. The molecule has 12 N–H and O–H groups in total. The third kappa shape index (κ3) is 22.3. The minimum absolute atomic E-state index is 0.177. The predicted molar refractivity (Wildman–Crippen MR) is 312 cm³/mol. The number of benzene rings is 4. The molecule has 0 amide bonds. The van der Waals surface area contributed by atoms with E-state index in [0.29, 0.717) is 11.3 Å². The van der Waals surface area contributed by atoms with Crippen LogP contribution in [0.3, 0.4) is 0 Å². The van der Waals surface area contributed by atoms with Gasteiger partial charge < -0.3 is 66.8 Å². The molecule has 1 heterocycles. The maximum atomic E-state index is 12.1. The Morgan fingerprint density at radius 3 is 1.11 bits per heavy atom. The fourth-order valence-electron chi connectivity index (χ4n) is 10.1. The summed E-state index contributed by atoms with van der Waals surface area (Å²) in [5.41, 5.74) is 21.5. The van der Waals surface area contributed by atoms with E-state index in [9.17, 15) is 66.8 Å². The summed E-state index contributed by atoms with van der Waals surface area (Å²) in [5.74, 6) is 0. The van der Waals surface area contributed by atoms with Crippen LogP contribution in [0.25, 0.3) is 16.9 Å². The molecular weight excluding hydrogens is 1060 g/mol. The first-order valence-electron chi connectivity index (χ1n) is 29.3. The SMILES string of the molecule is CCCCCCc1cc(C2=CC=C(c3cc(CC(O)C(O)C(O)CO)c(CC(O)C(O)C(O)CO)c(CC(O)C(O)C(O)CO)c3)[N+]2=[N-])cc(CCCCCC)c1CCCCCC.c1ccc(C[CH2][Ni][CH2]Cc2ccccc2)cc1. The first-order chi connectivity index (χ1) is 38.6. The van der Waals surface area contributed by atoms with Crippen LogP contribution in [0.4, 0.5) is 0 Å². The van der Waals surface area contributed by atoms with Gasteiger partial charge in [0.25, 0.3) is 0 Å². The molecule has 0 saturated heterocycles. The summed E-state index contributed by atoms with van der Waals surface area (Å²) < 4.78 is 1.05. The van der Waals surface area contributed by atoms with Crippen LogP contribution >= 0.6 is 0 Å². The van der Waals surface area contributed by atoms with E-state index in [4.69, 9.17) is 0 Å². The minimum atomic E-state index is -1.85. The van der Waals surface area contributed by atoms with E-state index in [1.165, 1.54) is 57.9 Å². The summed E-state index contributed by atoms with van der Waals surface area (Å²) in [7, 11) is 0. The van der Waals surface area contributed by atoms with Gasteiger partial charge in [-0.1, -0.05) is 78.6 Å². The van der Waals surface area contributed by atoms with E-state index < -0.39 is 94.0 Å². The molecule has 9 unspecified atom stereocenters. The van der Waals surface area contributed by atoms with Crippen LogP contribution in [0.2, 0.25) is 10.8 Å². The molecule has 14 nitrogen and oxygen atoms in total. The maximum absolute atomic E-state index is 12.1. The number of aryl methyl sites for hydroxylation is 4. The molecule has 0 radical (unpaired) electrons. The fourth-order valence-corrected chi connectivity index (χ4v) is 11.3. The molecule has 1 aliphatic heterocycles. The standard InChI is InChI=1S/C49H78N2O12.2C8H9.Ni/c1-4-7-10-13-16-31-21-35(22-32(17-14-11-8-5-2)37(31)18-15-12-9-6-3)39-19-20-40(51(39)50)36-23-33(25-41(55)47(61)44(58)28-52)38(27-43(57)49(63)46(60)30-54)34(24-36)26-42(56)48(62)45(59)29-53;2*1-2-8-6-4-3-5-7-8;/h19-24,41-49,52-63H,4-18,25-30H2,1-3H3;2*3-7H,1-2H2;. The van der Waals surface area contributed by atoms with Gasteiger partial charge in [-0.05, 0) is 96.2 Å². The van der Waals surface area contributed by atoms with Crippen LogP contribution in [0, 0.1) is 0 Å². The molecule has 4 aromatic rings. The Morgan fingerprint density at radius 2 is 0.750 bits per heavy atom. The van der Waals surface area contributed by atoms with E-state index in [-0.39, 0.29) is 22.4 Å². The van der Waals surface area contributed by atoms with Crippen LogP contribution in [0.1, 0.15) is 153 Å². The van der Waals surface area contributed by atoms with Gasteiger partial charge in [0.2, 0.25) is 11.4 Å². The number of aliphatic hydroxyl groups is 12. The Kier molecular flexibility index (Phi) is 32.5. The molecule has 448 valence electrons. The van der Waals surface area contributed by atoms with Crippen molar-refractivity contribution in [3.63, 3.8) is 0 Å². The van der Waals surface area contributed by atoms with Crippen molar-refractivity contribution < 1.29 is 80.4 Å². The first kappa shape index (κ1) is 68.5. The molecule has 0 saturated carbocycles. The number of hydrogen-bond donors (Lipinski definition) is 12. The molecule has 0 spiro atoms. The van der Waals surface area contributed by atoms with Gasteiger partial charge in [0, 0.05) is 42.5 Å². The van der Waals surface area contributed by atoms with Crippen molar-refractivity contribution in [3.8, 4) is 0 Å². The summed E-state index contributed by atoms with van der Waals surface area (Å²) in [6.45, 7) is 4.00.